The van der Waals surface area contributed by atoms with Gasteiger partial charge >= 0.3 is 6.09 Å². The van der Waals surface area contributed by atoms with E-state index >= 15 is 0 Å². The van der Waals surface area contributed by atoms with Crippen molar-refractivity contribution >= 4 is 29.3 Å². The number of amides is 1. The second-order valence-electron chi connectivity index (χ2n) is 6.25. The highest BCUT2D eigenvalue weighted by Gasteiger charge is 2.38. The summed E-state index contributed by atoms with van der Waals surface area (Å²) in [6.45, 7) is 0. The SMILES string of the molecule is O=C1N[C@H](c2cncc(-c3ccc(Cl)c(Cl)c3)c2)C(c2cc(F)ccc2F)O1. The van der Waals surface area contributed by atoms with Gasteiger partial charge in [-0.05, 0) is 47.5 Å². The number of nitrogens with zero attached hydrogens (tertiary/aromatic N) is 1. The lowest BCUT2D eigenvalue weighted by Crippen LogP contribution is -2.20. The Morgan fingerprint density at radius 3 is 2.57 bits per heavy atom. The van der Waals surface area contributed by atoms with Crippen LogP contribution in [-0.2, 0) is 4.74 Å². The highest BCUT2D eigenvalue weighted by atomic mass is 35.5. The third kappa shape index (κ3) is 3.53. The standard InChI is InChI=1S/C20H12Cl2F2N2O2/c21-15-3-1-10(6-16(15)22)11-5-12(9-25-8-11)18-19(28-20(27)26-18)14-7-13(23)2-4-17(14)24/h1-9,18-19H,(H,26,27)/t18-,19?/m1/s1. The Labute approximate surface area is 169 Å². The second-order valence-corrected chi connectivity index (χ2v) is 7.06. The predicted octanol–water partition coefficient (Wildman–Crippen LogP) is 5.86. The van der Waals surface area contributed by atoms with Gasteiger partial charge in [0, 0.05) is 23.5 Å². The van der Waals surface area contributed by atoms with Crippen molar-refractivity contribution < 1.29 is 18.3 Å². The Morgan fingerprint density at radius 2 is 1.79 bits per heavy atom. The maximum atomic E-state index is 14.2. The lowest BCUT2D eigenvalue weighted by Gasteiger charge is -2.18. The van der Waals surface area contributed by atoms with Crippen LogP contribution in [0.15, 0.2) is 54.9 Å². The molecule has 3 aromatic rings. The molecule has 1 fully saturated rings. The Hall–Kier alpha value is -2.70. The van der Waals surface area contributed by atoms with E-state index in [1.807, 2.05) is 0 Å². The number of nitrogens with one attached hydrogen (secondary N) is 1. The van der Waals surface area contributed by atoms with Crippen molar-refractivity contribution in [1.29, 1.82) is 0 Å². The highest BCUT2D eigenvalue weighted by Crippen LogP contribution is 2.39. The fourth-order valence-electron chi connectivity index (χ4n) is 3.12. The molecule has 0 spiro atoms. The van der Waals surface area contributed by atoms with Gasteiger partial charge in [0.2, 0.25) is 0 Å². The molecule has 2 heterocycles. The van der Waals surface area contributed by atoms with E-state index in [1.165, 1.54) is 6.20 Å². The maximum absolute atomic E-state index is 14.2. The number of aromatic nitrogens is 1. The van der Waals surface area contributed by atoms with E-state index in [2.05, 4.69) is 10.3 Å². The number of hydrogen-bond donors (Lipinski definition) is 1. The molecule has 1 aliphatic rings. The Bertz CT molecular complexity index is 1080. The predicted molar refractivity (Wildman–Crippen MR) is 101 cm³/mol. The van der Waals surface area contributed by atoms with E-state index < -0.39 is 29.9 Å². The number of pyridine rings is 1. The molecule has 142 valence electrons. The fourth-order valence-corrected chi connectivity index (χ4v) is 3.41. The average molecular weight is 421 g/mol. The van der Waals surface area contributed by atoms with Crippen LogP contribution in [0.5, 0.6) is 0 Å². The number of hydrogen-bond acceptors (Lipinski definition) is 3. The number of cyclic esters (lactones) is 1. The first kappa shape index (κ1) is 18.7. The lowest BCUT2D eigenvalue weighted by molar-refractivity contribution is 0.130. The molecule has 4 rings (SSSR count). The van der Waals surface area contributed by atoms with Gasteiger partial charge in [-0.25, -0.2) is 13.6 Å². The molecular formula is C20H12Cl2F2N2O2. The van der Waals surface area contributed by atoms with Crippen molar-refractivity contribution in [3.8, 4) is 11.1 Å². The van der Waals surface area contributed by atoms with Crippen LogP contribution in [0.2, 0.25) is 10.0 Å². The van der Waals surface area contributed by atoms with Gasteiger partial charge in [0.1, 0.15) is 17.7 Å². The van der Waals surface area contributed by atoms with E-state index in [9.17, 15) is 13.6 Å². The van der Waals surface area contributed by atoms with Crippen molar-refractivity contribution in [2.75, 3.05) is 0 Å². The number of halogens is 4. The number of carbonyl (C=O) groups is 1. The molecule has 1 unspecified atom stereocenters. The zero-order chi connectivity index (χ0) is 19.8. The average Bonchev–Trinajstić information content (AvgIpc) is 3.07. The topological polar surface area (TPSA) is 51.2 Å². The van der Waals surface area contributed by atoms with Crippen LogP contribution in [-0.4, -0.2) is 11.1 Å². The van der Waals surface area contributed by atoms with Crippen molar-refractivity contribution in [2.45, 2.75) is 12.1 Å². The third-order valence-electron chi connectivity index (χ3n) is 4.45. The molecule has 8 heteroatoms. The van der Waals surface area contributed by atoms with Crippen LogP contribution in [0.1, 0.15) is 23.3 Å². The van der Waals surface area contributed by atoms with E-state index in [4.69, 9.17) is 27.9 Å². The molecule has 4 nitrogen and oxygen atoms in total. The van der Waals surface area contributed by atoms with Crippen molar-refractivity contribution in [3.05, 3.63) is 87.7 Å². The van der Waals surface area contributed by atoms with Crippen LogP contribution < -0.4 is 5.32 Å². The minimum absolute atomic E-state index is 0.0525. The summed E-state index contributed by atoms with van der Waals surface area (Å²) in [4.78, 5) is 16.0. The van der Waals surface area contributed by atoms with Gasteiger partial charge in [0.15, 0.2) is 6.10 Å². The van der Waals surface area contributed by atoms with Crippen LogP contribution in [0.4, 0.5) is 13.6 Å². The van der Waals surface area contributed by atoms with E-state index in [-0.39, 0.29) is 5.56 Å². The van der Waals surface area contributed by atoms with Gasteiger partial charge in [0.05, 0.1) is 10.0 Å². The zero-order valence-corrected chi connectivity index (χ0v) is 15.6. The first-order valence-corrected chi connectivity index (χ1v) is 9.00. The Morgan fingerprint density at radius 1 is 0.964 bits per heavy atom. The van der Waals surface area contributed by atoms with Crippen molar-refractivity contribution in [1.82, 2.24) is 10.3 Å². The summed E-state index contributed by atoms with van der Waals surface area (Å²) in [6.07, 6.45) is 1.40. The minimum Gasteiger partial charge on any atom is -0.439 e. The lowest BCUT2D eigenvalue weighted by atomic mass is 9.95. The number of alkyl carbamates (subject to hydrolysis) is 1. The fraction of sp³-hybridized carbons (Fsp3) is 0.100. The molecule has 0 aliphatic carbocycles. The number of ether oxygens (including phenoxy) is 1. The van der Waals surface area contributed by atoms with Crippen molar-refractivity contribution in [2.24, 2.45) is 0 Å². The van der Waals surface area contributed by atoms with Gasteiger partial charge in [-0.15, -0.1) is 0 Å². The molecule has 1 aliphatic heterocycles. The monoisotopic (exact) mass is 420 g/mol. The second kappa shape index (κ2) is 7.37. The highest BCUT2D eigenvalue weighted by molar-refractivity contribution is 6.42. The molecule has 2 aromatic carbocycles. The summed E-state index contributed by atoms with van der Waals surface area (Å²) in [5.74, 6) is -1.29. The zero-order valence-electron chi connectivity index (χ0n) is 14.1. The molecule has 1 saturated heterocycles. The van der Waals surface area contributed by atoms with Crippen LogP contribution in [0, 0.1) is 11.6 Å². The molecule has 0 radical (unpaired) electrons. The van der Waals surface area contributed by atoms with Crippen molar-refractivity contribution in [3.63, 3.8) is 0 Å². The smallest absolute Gasteiger partial charge is 0.408 e. The number of rotatable bonds is 3. The van der Waals surface area contributed by atoms with Crippen LogP contribution >= 0.6 is 23.2 Å². The van der Waals surface area contributed by atoms with Gasteiger partial charge in [-0.1, -0.05) is 29.3 Å². The molecule has 0 saturated carbocycles. The van der Waals surface area contributed by atoms with Gasteiger partial charge < -0.3 is 10.1 Å². The summed E-state index contributed by atoms with van der Waals surface area (Å²) in [5.41, 5.74) is 2.00. The van der Waals surface area contributed by atoms with Gasteiger partial charge in [0.25, 0.3) is 0 Å². The van der Waals surface area contributed by atoms with Crippen LogP contribution in [0.25, 0.3) is 11.1 Å². The first-order valence-electron chi connectivity index (χ1n) is 8.25. The Balaban J connectivity index is 1.74. The van der Waals surface area contributed by atoms with Crippen LogP contribution in [0.3, 0.4) is 0 Å². The summed E-state index contributed by atoms with van der Waals surface area (Å²) in [6, 6.07) is 9.19. The van der Waals surface area contributed by atoms with Gasteiger partial charge in [-0.2, -0.15) is 0 Å². The molecular weight excluding hydrogens is 409 g/mol. The van der Waals surface area contributed by atoms with E-state index in [0.29, 0.717) is 15.6 Å². The summed E-state index contributed by atoms with van der Waals surface area (Å²) < 4.78 is 33.1. The normalized spacial score (nSPS) is 18.6. The Kier molecular flexibility index (Phi) is 4.91. The minimum atomic E-state index is -1.03. The van der Waals surface area contributed by atoms with E-state index in [0.717, 1.165) is 29.3 Å². The largest absolute Gasteiger partial charge is 0.439 e. The molecule has 0 bridgehead atoms. The summed E-state index contributed by atoms with van der Waals surface area (Å²) in [7, 11) is 0. The molecule has 2 atom stereocenters. The summed E-state index contributed by atoms with van der Waals surface area (Å²) in [5, 5.41) is 3.44. The maximum Gasteiger partial charge on any atom is 0.408 e. The van der Waals surface area contributed by atoms with E-state index in [1.54, 1.807) is 30.5 Å². The molecule has 28 heavy (non-hydrogen) atoms. The number of carbonyl (C=O) groups excluding carboxylic acids is 1. The van der Waals surface area contributed by atoms with Gasteiger partial charge in [-0.3, -0.25) is 4.98 Å². The molecule has 1 N–H and O–H groups in total. The molecule has 1 aromatic heterocycles. The third-order valence-corrected chi connectivity index (χ3v) is 5.19. The number of benzene rings is 2. The summed E-state index contributed by atoms with van der Waals surface area (Å²) >= 11 is 12.0. The molecule has 1 amide bonds. The quantitative estimate of drug-likeness (QED) is 0.577. The first-order chi connectivity index (χ1) is 13.4.